The van der Waals surface area contributed by atoms with Crippen molar-refractivity contribution in [2.24, 2.45) is 0 Å². The molecule has 0 saturated heterocycles. The van der Waals surface area contributed by atoms with Crippen LogP contribution in [0.2, 0.25) is 0 Å². The minimum absolute atomic E-state index is 0.0992. The first-order valence-electron chi connectivity index (χ1n) is 7.28. The van der Waals surface area contributed by atoms with E-state index in [1.54, 1.807) is 12.1 Å². The lowest BCUT2D eigenvalue weighted by molar-refractivity contribution is 0.00642. The molecule has 3 aliphatic rings. The largest absolute Gasteiger partial charge is 0.504 e. The Kier molecular flexibility index (Phi) is 2.64. The second kappa shape index (κ2) is 4.22. The van der Waals surface area contributed by atoms with Gasteiger partial charge >= 0.3 is 0 Å². The van der Waals surface area contributed by atoms with Gasteiger partial charge in [0.25, 0.3) is 0 Å². The molecular weight excluding hydrogens is 270 g/mol. The molecule has 112 valence electrons. The Labute approximate surface area is 123 Å². The first kappa shape index (κ1) is 13.1. The molecule has 2 aliphatic heterocycles. The van der Waals surface area contributed by atoms with Gasteiger partial charge in [0.15, 0.2) is 11.5 Å². The van der Waals surface area contributed by atoms with E-state index in [4.69, 9.17) is 4.74 Å². The second-order valence-electron chi connectivity index (χ2n) is 6.36. The Balaban J connectivity index is 2.00. The highest BCUT2D eigenvalue weighted by Crippen LogP contribution is 2.55. The monoisotopic (exact) mass is 289 g/mol. The summed E-state index contributed by atoms with van der Waals surface area (Å²) in [5, 5.41) is 30.9. The number of likely N-dealkylation sites (N-methyl/N-ethyl adjacent to an activating group) is 1. The molecule has 5 nitrogen and oxygen atoms in total. The summed E-state index contributed by atoms with van der Waals surface area (Å²) in [6.45, 7) is 1.23. The van der Waals surface area contributed by atoms with E-state index in [1.807, 2.05) is 19.2 Å². The van der Waals surface area contributed by atoms with Gasteiger partial charge in [0.05, 0.1) is 17.6 Å². The molecule has 0 unspecified atom stereocenters. The average molecular weight is 289 g/mol. The van der Waals surface area contributed by atoms with Crippen molar-refractivity contribution in [1.29, 1.82) is 0 Å². The minimum Gasteiger partial charge on any atom is -0.504 e. The molecular formula is C16H19NO4. The summed E-state index contributed by atoms with van der Waals surface area (Å²) >= 11 is 0. The molecule has 3 N–H and O–H groups in total. The molecule has 0 fully saturated rings. The van der Waals surface area contributed by atoms with E-state index >= 15 is 0 Å². The molecule has 1 aromatic carbocycles. The predicted octanol–water partition coefficient (Wildman–Crippen LogP) is 0.518. The smallest absolute Gasteiger partial charge is 0.166 e. The number of hydrogen-bond donors (Lipinski definition) is 3. The lowest BCUT2D eigenvalue weighted by atomic mass is 9.67. The van der Waals surface area contributed by atoms with E-state index in [0.717, 1.165) is 11.1 Å². The number of phenolic OH excluding ortho intramolecular Hbond substituents is 1. The third-order valence-corrected chi connectivity index (χ3v) is 4.98. The van der Waals surface area contributed by atoms with Gasteiger partial charge in [-0.3, -0.25) is 4.90 Å². The summed E-state index contributed by atoms with van der Waals surface area (Å²) in [4.78, 5) is 2.07. The van der Waals surface area contributed by atoms with Crippen molar-refractivity contribution in [3.8, 4) is 11.5 Å². The first-order valence-corrected chi connectivity index (χ1v) is 7.28. The zero-order valence-corrected chi connectivity index (χ0v) is 11.9. The van der Waals surface area contributed by atoms with Crippen LogP contribution in [0, 0.1) is 0 Å². The zero-order chi connectivity index (χ0) is 14.8. The van der Waals surface area contributed by atoms with E-state index in [0.29, 0.717) is 25.3 Å². The normalized spacial score (nSPS) is 37.6. The molecule has 0 bridgehead atoms. The molecule has 0 aromatic heterocycles. The number of β-amino-alcohol motifs (C(OH)–C–C–N with tert-alkyl or cyclic N) is 1. The summed E-state index contributed by atoms with van der Waals surface area (Å²) < 4.78 is 5.95. The fourth-order valence-electron chi connectivity index (χ4n) is 4.03. The van der Waals surface area contributed by atoms with Crippen molar-refractivity contribution in [3.63, 3.8) is 0 Å². The van der Waals surface area contributed by atoms with Gasteiger partial charge in [0.1, 0.15) is 6.10 Å². The number of nitrogens with zero attached hydrogens (tertiary/aromatic N) is 1. The topological polar surface area (TPSA) is 73.2 Å². The van der Waals surface area contributed by atoms with Gasteiger partial charge in [-0.25, -0.2) is 0 Å². The van der Waals surface area contributed by atoms with Gasteiger partial charge < -0.3 is 20.1 Å². The SMILES string of the molecule is CN1Cc2ccc(O)c3c2[C@@]2(C=C[C@H](O)C[C@@H]2O3)[C@@H](O)C1. The Hall–Kier alpha value is -1.56. The second-order valence-corrected chi connectivity index (χ2v) is 6.36. The summed E-state index contributed by atoms with van der Waals surface area (Å²) in [7, 11) is 1.97. The van der Waals surface area contributed by atoms with Crippen LogP contribution < -0.4 is 4.74 Å². The fourth-order valence-corrected chi connectivity index (χ4v) is 4.03. The summed E-state index contributed by atoms with van der Waals surface area (Å²) in [6, 6.07) is 3.54. The summed E-state index contributed by atoms with van der Waals surface area (Å²) in [5.41, 5.74) is 1.27. The van der Waals surface area contributed by atoms with Gasteiger partial charge in [-0.05, 0) is 18.7 Å². The average Bonchev–Trinajstić information content (AvgIpc) is 2.73. The molecule has 4 atom stereocenters. The van der Waals surface area contributed by atoms with Gasteiger partial charge in [-0.1, -0.05) is 18.2 Å². The maximum atomic E-state index is 10.8. The fraction of sp³-hybridized carbons (Fsp3) is 0.500. The van der Waals surface area contributed by atoms with Crippen LogP contribution in [0.4, 0.5) is 0 Å². The predicted molar refractivity (Wildman–Crippen MR) is 76.3 cm³/mol. The zero-order valence-electron chi connectivity index (χ0n) is 11.9. The molecule has 0 amide bonds. The van der Waals surface area contributed by atoms with Crippen LogP contribution in [0.5, 0.6) is 11.5 Å². The number of aliphatic hydroxyl groups excluding tert-OH is 2. The van der Waals surface area contributed by atoms with E-state index in [9.17, 15) is 15.3 Å². The van der Waals surface area contributed by atoms with Gasteiger partial charge in [0.2, 0.25) is 0 Å². The number of benzene rings is 1. The minimum atomic E-state index is -0.673. The Morgan fingerprint density at radius 1 is 1.33 bits per heavy atom. The lowest BCUT2D eigenvalue weighted by Gasteiger charge is -2.39. The third kappa shape index (κ3) is 1.62. The van der Waals surface area contributed by atoms with Crippen molar-refractivity contribution in [2.45, 2.75) is 36.7 Å². The number of hydrogen-bond acceptors (Lipinski definition) is 5. The van der Waals surface area contributed by atoms with Crippen molar-refractivity contribution in [1.82, 2.24) is 4.90 Å². The molecule has 1 aliphatic carbocycles. The van der Waals surface area contributed by atoms with E-state index in [1.165, 1.54) is 0 Å². The highest BCUT2D eigenvalue weighted by molar-refractivity contribution is 5.61. The molecule has 5 heteroatoms. The standard InChI is InChI=1S/C16H19NO4/c1-17-7-9-2-3-11(19)15-14(9)16(12(20)8-17)5-4-10(18)6-13(16)21-15/h2-5,10,12-13,18-20H,6-8H2,1H3/t10-,12-,13-,16-/m0/s1. The molecule has 0 radical (unpaired) electrons. The van der Waals surface area contributed by atoms with Gasteiger partial charge in [0, 0.05) is 25.1 Å². The highest BCUT2D eigenvalue weighted by Gasteiger charge is 2.57. The highest BCUT2D eigenvalue weighted by atomic mass is 16.5. The number of rotatable bonds is 0. The third-order valence-electron chi connectivity index (χ3n) is 4.98. The number of aromatic hydroxyl groups is 1. The van der Waals surface area contributed by atoms with Crippen LogP contribution in [0.1, 0.15) is 17.5 Å². The Morgan fingerprint density at radius 2 is 2.14 bits per heavy atom. The molecule has 4 rings (SSSR count). The lowest BCUT2D eigenvalue weighted by Crippen LogP contribution is -2.52. The van der Waals surface area contributed by atoms with Crippen LogP contribution in [0.15, 0.2) is 24.3 Å². The Bertz CT molecular complexity index is 629. The molecule has 0 saturated carbocycles. The Morgan fingerprint density at radius 3 is 2.95 bits per heavy atom. The van der Waals surface area contributed by atoms with E-state index < -0.39 is 17.6 Å². The molecule has 1 spiro atoms. The quantitative estimate of drug-likeness (QED) is 0.607. The van der Waals surface area contributed by atoms with Crippen LogP contribution >= 0.6 is 0 Å². The van der Waals surface area contributed by atoms with Crippen molar-refractivity contribution >= 4 is 0 Å². The van der Waals surface area contributed by atoms with Crippen LogP contribution in [0.25, 0.3) is 0 Å². The maximum Gasteiger partial charge on any atom is 0.166 e. The van der Waals surface area contributed by atoms with Gasteiger partial charge in [-0.2, -0.15) is 0 Å². The summed E-state index contributed by atoms with van der Waals surface area (Å²) in [6.07, 6.45) is 2.47. The number of phenols is 1. The van der Waals surface area contributed by atoms with Crippen molar-refractivity contribution in [3.05, 3.63) is 35.4 Å². The number of ether oxygens (including phenoxy) is 1. The van der Waals surface area contributed by atoms with E-state index in [2.05, 4.69) is 4.90 Å². The maximum absolute atomic E-state index is 10.8. The van der Waals surface area contributed by atoms with Crippen LogP contribution in [-0.4, -0.2) is 52.1 Å². The first-order chi connectivity index (χ1) is 10.0. The molecule has 1 aromatic rings. The van der Waals surface area contributed by atoms with Crippen molar-refractivity contribution < 1.29 is 20.1 Å². The molecule has 21 heavy (non-hydrogen) atoms. The number of aliphatic hydroxyl groups is 2. The molecule has 2 heterocycles. The van der Waals surface area contributed by atoms with Crippen LogP contribution in [0.3, 0.4) is 0 Å². The van der Waals surface area contributed by atoms with Gasteiger partial charge in [-0.15, -0.1) is 0 Å². The van der Waals surface area contributed by atoms with E-state index in [-0.39, 0.29) is 11.9 Å². The van der Waals surface area contributed by atoms with Crippen LogP contribution in [-0.2, 0) is 12.0 Å². The van der Waals surface area contributed by atoms with Crippen molar-refractivity contribution in [2.75, 3.05) is 13.6 Å². The summed E-state index contributed by atoms with van der Waals surface area (Å²) in [5.74, 6) is 0.563.